The Morgan fingerprint density at radius 1 is 1.02 bits per heavy atom. The average molecular weight is 599 g/mol. The summed E-state index contributed by atoms with van der Waals surface area (Å²) in [7, 11) is -2.04. The van der Waals surface area contributed by atoms with Gasteiger partial charge in [-0.2, -0.15) is 0 Å². The van der Waals surface area contributed by atoms with Crippen molar-refractivity contribution in [1.82, 2.24) is 20.1 Å². The van der Waals surface area contributed by atoms with Gasteiger partial charge in [0.1, 0.15) is 0 Å². The summed E-state index contributed by atoms with van der Waals surface area (Å²) >= 11 is 0. The van der Waals surface area contributed by atoms with Crippen LogP contribution in [0.2, 0.25) is 0 Å². The van der Waals surface area contributed by atoms with Crippen molar-refractivity contribution >= 4 is 21.8 Å². The van der Waals surface area contributed by atoms with Crippen molar-refractivity contribution in [3.63, 3.8) is 0 Å². The highest BCUT2D eigenvalue weighted by molar-refractivity contribution is 7.90. The van der Waals surface area contributed by atoms with Crippen LogP contribution in [0.25, 0.3) is 0 Å². The summed E-state index contributed by atoms with van der Waals surface area (Å²) in [6.07, 6.45) is 11.1. The van der Waals surface area contributed by atoms with Crippen LogP contribution in [0, 0.1) is 36.0 Å². The van der Waals surface area contributed by atoms with E-state index in [2.05, 4.69) is 16.1 Å². The van der Waals surface area contributed by atoms with Gasteiger partial charge in [-0.15, -0.1) is 17.2 Å². The van der Waals surface area contributed by atoms with Crippen molar-refractivity contribution in [2.45, 2.75) is 115 Å². The SMILES string of the molecule is C#CC1CC(C(=O)NC(CC2CCC(O)CC2)C(O)CN(C)NS(=O)(=O)C(C)C)CC(C(=O)N(CCC)CCC)C1. The van der Waals surface area contributed by atoms with E-state index in [0.717, 1.165) is 25.7 Å². The first kappa shape index (κ1) is 35.5. The third kappa shape index (κ3) is 11.1. The van der Waals surface area contributed by atoms with Crippen molar-refractivity contribution in [2.24, 2.45) is 23.7 Å². The molecule has 0 saturated heterocycles. The summed E-state index contributed by atoms with van der Waals surface area (Å²) in [5.41, 5.74) is 0. The van der Waals surface area contributed by atoms with Crippen LogP contribution in [0.5, 0.6) is 0 Å². The van der Waals surface area contributed by atoms with Crippen molar-refractivity contribution in [3.05, 3.63) is 0 Å². The topological polar surface area (TPSA) is 139 Å². The van der Waals surface area contributed by atoms with E-state index in [1.807, 2.05) is 18.7 Å². The quantitative estimate of drug-likeness (QED) is 0.168. The lowest BCUT2D eigenvalue weighted by atomic mass is 9.74. The summed E-state index contributed by atoms with van der Waals surface area (Å²) in [5.74, 6) is 1.87. The predicted molar refractivity (Wildman–Crippen MR) is 161 cm³/mol. The minimum absolute atomic E-state index is 0.0198. The molecule has 236 valence electrons. The zero-order chi connectivity index (χ0) is 30.7. The molecule has 2 aliphatic carbocycles. The number of nitrogens with one attached hydrogen (secondary N) is 2. The van der Waals surface area contributed by atoms with Crippen LogP contribution in [-0.4, -0.2) is 90.5 Å². The second-order valence-electron chi connectivity index (χ2n) is 12.4. The Balaban J connectivity index is 2.18. The third-order valence-corrected chi connectivity index (χ3v) is 10.3. The van der Waals surface area contributed by atoms with E-state index in [0.29, 0.717) is 51.6 Å². The van der Waals surface area contributed by atoms with E-state index in [-0.39, 0.29) is 42.2 Å². The molecule has 0 aromatic rings. The van der Waals surface area contributed by atoms with Crippen molar-refractivity contribution in [1.29, 1.82) is 0 Å². The highest BCUT2D eigenvalue weighted by atomic mass is 32.2. The van der Waals surface area contributed by atoms with E-state index in [4.69, 9.17) is 6.42 Å². The summed E-state index contributed by atoms with van der Waals surface area (Å²) in [5, 5.41) is 25.0. The van der Waals surface area contributed by atoms with E-state index in [1.165, 1.54) is 5.01 Å². The maximum Gasteiger partial charge on any atom is 0.226 e. The molecule has 41 heavy (non-hydrogen) atoms. The fraction of sp³-hybridized carbons (Fsp3) is 0.867. The van der Waals surface area contributed by atoms with Gasteiger partial charge >= 0.3 is 0 Å². The highest BCUT2D eigenvalue weighted by Crippen LogP contribution is 2.35. The molecule has 2 fully saturated rings. The van der Waals surface area contributed by atoms with Crippen LogP contribution in [0.4, 0.5) is 0 Å². The lowest BCUT2D eigenvalue weighted by molar-refractivity contribution is -0.139. The molecule has 0 aromatic heterocycles. The molecular formula is C30H54N4O6S. The number of aliphatic hydroxyl groups excluding tert-OH is 2. The van der Waals surface area contributed by atoms with E-state index in [9.17, 15) is 28.2 Å². The van der Waals surface area contributed by atoms with Gasteiger partial charge in [-0.1, -0.05) is 13.8 Å². The Kier molecular flexibility index (Phi) is 14.5. The molecule has 2 saturated carbocycles. The zero-order valence-electron chi connectivity index (χ0n) is 25.7. The molecule has 0 radical (unpaired) electrons. The molecule has 2 rings (SSSR count). The number of likely N-dealkylation sites (N-methyl/N-ethyl adjacent to an activating group) is 1. The largest absolute Gasteiger partial charge is 0.393 e. The monoisotopic (exact) mass is 598 g/mol. The van der Waals surface area contributed by atoms with Crippen LogP contribution < -0.4 is 10.1 Å². The molecule has 11 heteroatoms. The predicted octanol–water partition coefficient (Wildman–Crippen LogP) is 2.26. The molecule has 0 bridgehead atoms. The smallest absolute Gasteiger partial charge is 0.226 e. The van der Waals surface area contributed by atoms with Crippen molar-refractivity contribution in [2.75, 3.05) is 26.7 Å². The average Bonchev–Trinajstić information content (AvgIpc) is 2.92. The van der Waals surface area contributed by atoms with E-state index < -0.39 is 33.3 Å². The molecule has 0 aromatic carbocycles. The number of aliphatic hydroxyl groups is 2. The molecule has 4 N–H and O–H groups in total. The molecule has 2 aliphatic rings. The first-order chi connectivity index (χ1) is 19.3. The van der Waals surface area contributed by atoms with Crippen molar-refractivity contribution in [3.8, 4) is 12.3 Å². The number of hydrogen-bond donors (Lipinski definition) is 4. The molecule has 0 aliphatic heterocycles. The van der Waals surface area contributed by atoms with Gasteiger partial charge in [0.2, 0.25) is 21.8 Å². The van der Waals surface area contributed by atoms with E-state index in [1.54, 1.807) is 20.9 Å². The van der Waals surface area contributed by atoms with Crippen LogP contribution in [-0.2, 0) is 19.6 Å². The number of nitrogens with zero attached hydrogens (tertiary/aromatic N) is 2. The molecule has 10 nitrogen and oxygen atoms in total. The summed E-state index contributed by atoms with van der Waals surface area (Å²) < 4.78 is 24.6. The van der Waals surface area contributed by atoms with Crippen LogP contribution in [0.3, 0.4) is 0 Å². The molecule has 2 amide bonds. The lowest BCUT2D eigenvalue weighted by Gasteiger charge is -2.37. The van der Waals surface area contributed by atoms with Gasteiger partial charge in [-0.3, -0.25) is 9.59 Å². The number of sulfonamides is 1. The van der Waals surface area contributed by atoms with E-state index >= 15 is 0 Å². The third-order valence-electron chi connectivity index (χ3n) is 8.52. The van der Waals surface area contributed by atoms with Gasteiger partial charge in [-0.25, -0.2) is 13.4 Å². The zero-order valence-corrected chi connectivity index (χ0v) is 26.5. The summed E-state index contributed by atoms with van der Waals surface area (Å²) in [4.78, 5) is 31.4. The molecule has 0 heterocycles. The molecular weight excluding hydrogens is 544 g/mol. The molecule has 0 spiro atoms. The van der Waals surface area contributed by atoms with Gasteiger partial charge in [-0.05, 0) is 84.0 Å². The van der Waals surface area contributed by atoms with Crippen LogP contribution in [0.15, 0.2) is 0 Å². The van der Waals surface area contributed by atoms with Crippen LogP contribution >= 0.6 is 0 Å². The Morgan fingerprint density at radius 3 is 2.15 bits per heavy atom. The Hall–Kier alpha value is -1.71. The number of carbonyl (C=O) groups is 2. The number of rotatable bonds is 15. The number of carbonyl (C=O) groups excluding carboxylic acids is 2. The second-order valence-corrected chi connectivity index (χ2v) is 14.7. The normalized spacial score (nSPS) is 26.8. The van der Waals surface area contributed by atoms with Gasteiger partial charge in [0.15, 0.2) is 0 Å². The number of amides is 2. The maximum absolute atomic E-state index is 13.7. The standard InChI is InChI=1S/C30H54N4O6S/c1-7-14-34(15-8-2)30(38)25-17-22(9-3)16-24(19-25)29(37)31-27(18-23-10-12-26(35)13-11-23)28(36)20-33(6)32-41(39,40)21(4)5/h3,21-28,32,35-36H,7-8,10-20H2,1-2,4-6H3,(H,31,37). The fourth-order valence-electron chi connectivity index (χ4n) is 6.12. The fourth-order valence-corrected chi connectivity index (χ4v) is 6.84. The Labute approximate surface area is 248 Å². The first-order valence-corrected chi connectivity index (χ1v) is 17.0. The van der Waals surface area contributed by atoms with Gasteiger partial charge in [0.05, 0.1) is 23.5 Å². The molecule has 5 atom stereocenters. The number of terminal acetylenes is 1. The van der Waals surface area contributed by atoms with Gasteiger partial charge in [0, 0.05) is 44.4 Å². The Morgan fingerprint density at radius 2 is 1.61 bits per heavy atom. The van der Waals surface area contributed by atoms with Gasteiger partial charge in [0.25, 0.3) is 0 Å². The number of hydrazine groups is 1. The Bertz CT molecular complexity index is 970. The minimum Gasteiger partial charge on any atom is -0.393 e. The molecule has 5 unspecified atom stereocenters. The van der Waals surface area contributed by atoms with Crippen LogP contribution in [0.1, 0.15) is 91.9 Å². The number of hydrogen-bond acceptors (Lipinski definition) is 7. The van der Waals surface area contributed by atoms with Crippen molar-refractivity contribution < 1.29 is 28.2 Å². The van der Waals surface area contributed by atoms with Gasteiger partial charge < -0.3 is 20.4 Å². The minimum atomic E-state index is -3.59. The first-order valence-electron chi connectivity index (χ1n) is 15.4. The summed E-state index contributed by atoms with van der Waals surface area (Å²) in [6, 6.07) is -0.620. The lowest BCUT2D eigenvalue weighted by Crippen LogP contribution is -2.54. The second kappa shape index (κ2) is 16.8. The summed E-state index contributed by atoms with van der Waals surface area (Å²) in [6.45, 7) is 8.57. The maximum atomic E-state index is 13.7. The highest BCUT2D eigenvalue weighted by Gasteiger charge is 2.38.